The van der Waals surface area contributed by atoms with Gasteiger partial charge in [-0.15, -0.1) is 0 Å². The zero-order valence-corrected chi connectivity index (χ0v) is 15.4. The van der Waals surface area contributed by atoms with Gasteiger partial charge in [0.15, 0.2) is 0 Å². The fraction of sp³-hybridized carbons (Fsp3) is 0.600. The van der Waals surface area contributed by atoms with Crippen LogP contribution in [-0.4, -0.2) is 45.5 Å². The van der Waals surface area contributed by atoms with Crippen LogP contribution < -0.4 is 10.1 Å². The highest BCUT2D eigenvalue weighted by Crippen LogP contribution is 2.30. The van der Waals surface area contributed by atoms with Crippen LogP contribution >= 0.6 is 15.9 Å². The molecule has 5 nitrogen and oxygen atoms in total. The SMILES string of the molecule is CCCN(C1CCNCC1)S(=O)(=O)c1ccc(Br)c(OC)c1. The monoisotopic (exact) mass is 390 g/mol. The molecule has 0 amide bonds. The molecule has 1 aromatic rings. The summed E-state index contributed by atoms with van der Waals surface area (Å²) in [7, 11) is -1.97. The number of benzene rings is 1. The van der Waals surface area contributed by atoms with Gasteiger partial charge in [-0.1, -0.05) is 6.92 Å². The molecule has 7 heteroatoms. The van der Waals surface area contributed by atoms with Gasteiger partial charge < -0.3 is 10.1 Å². The third-order valence-electron chi connectivity index (χ3n) is 3.89. The molecule has 124 valence electrons. The van der Waals surface area contributed by atoms with Crippen LogP contribution in [-0.2, 0) is 10.0 Å². The first-order chi connectivity index (χ1) is 10.5. The quantitative estimate of drug-likeness (QED) is 0.810. The van der Waals surface area contributed by atoms with E-state index in [9.17, 15) is 8.42 Å². The molecule has 1 fully saturated rings. The Labute approximate surface area is 141 Å². The van der Waals surface area contributed by atoms with E-state index in [1.165, 1.54) is 7.11 Å². The van der Waals surface area contributed by atoms with Crippen LogP contribution in [0, 0.1) is 0 Å². The van der Waals surface area contributed by atoms with Crippen LogP contribution in [0.5, 0.6) is 5.75 Å². The second-order valence-corrected chi connectivity index (χ2v) is 8.14. The van der Waals surface area contributed by atoms with Crippen LogP contribution in [0.15, 0.2) is 27.6 Å². The van der Waals surface area contributed by atoms with E-state index >= 15 is 0 Å². The number of rotatable bonds is 6. The van der Waals surface area contributed by atoms with Crippen molar-refractivity contribution >= 4 is 26.0 Å². The van der Waals surface area contributed by atoms with Crippen LogP contribution in [0.2, 0.25) is 0 Å². The topological polar surface area (TPSA) is 58.6 Å². The van der Waals surface area contributed by atoms with Crippen LogP contribution in [0.25, 0.3) is 0 Å². The van der Waals surface area contributed by atoms with Gasteiger partial charge in [0, 0.05) is 18.7 Å². The Hall–Kier alpha value is -0.630. The van der Waals surface area contributed by atoms with E-state index in [1.807, 2.05) is 6.92 Å². The molecule has 22 heavy (non-hydrogen) atoms. The molecule has 0 saturated carbocycles. The van der Waals surface area contributed by atoms with E-state index in [4.69, 9.17) is 4.74 Å². The molecule has 1 heterocycles. The third-order valence-corrected chi connectivity index (χ3v) is 6.49. The number of methoxy groups -OCH3 is 1. The third kappa shape index (κ3) is 3.82. The number of piperidine rings is 1. The molecule has 0 aromatic heterocycles. The predicted octanol–water partition coefficient (Wildman–Crippen LogP) is 2.61. The number of hydrogen-bond acceptors (Lipinski definition) is 4. The predicted molar refractivity (Wildman–Crippen MR) is 90.8 cm³/mol. The van der Waals surface area contributed by atoms with E-state index < -0.39 is 10.0 Å². The molecule has 0 unspecified atom stereocenters. The van der Waals surface area contributed by atoms with E-state index in [1.54, 1.807) is 22.5 Å². The highest BCUT2D eigenvalue weighted by molar-refractivity contribution is 9.10. The molecule has 1 aliphatic rings. The lowest BCUT2D eigenvalue weighted by Gasteiger charge is -2.33. The summed E-state index contributed by atoms with van der Waals surface area (Å²) < 4.78 is 33.7. The largest absolute Gasteiger partial charge is 0.496 e. The first-order valence-corrected chi connectivity index (χ1v) is 9.80. The zero-order chi connectivity index (χ0) is 16.2. The summed E-state index contributed by atoms with van der Waals surface area (Å²) in [5.41, 5.74) is 0. The molecular weight excluding hydrogens is 368 g/mol. The Kier molecular flexibility index (Phi) is 6.26. The summed E-state index contributed by atoms with van der Waals surface area (Å²) in [6.07, 6.45) is 2.51. The van der Waals surface area contributed by atoms with Gasteiger partial charge in [0.2, 0.25) is 10.0 Å². The maximum atomic E-state index is 13.0. The number of ether oxygens (including phenoxy) is 1. The first-order valence-electron chi connectivity index (χ1n) is 7.56. The standard InChI is InChI=1S/C15H23BrN2O3S/c1-3-10-18(12-6-8-17-9-7-12)22(19,20)13-4-5-14(16)15(11-13)21-2/h4-5,11-12,17H,3,6-10H2,1-2H3. The molecule has 0 atom stereocenters. The Morgan fingerprint density at radius 2 is 2.05 bits per heavy atom. The summed E-state index contributed by atoms with van der Waals surface area (Å²) in [4.78, 5) is 0.291. The smallest absolute Gasteiger partial charge is 0.243 e. The van der Waals surface area contributed by atoms with Gasteiger partial charge >= 0.3 is 0 Å². The van der Waals surface area contributed by atoms with Crippen LogP contribution in [0.1, 0.15) is 26.2 Å². The van der Waals surface area contributed by atoms with Crippen LogP contribution in [0.3, 0.4) is 0 Å². The molecule has 1 N–H and O–H groups in total. The van der Waals surface area contributed by atoms with Gasteiger partial charge in [-0.3, -0.25) is 0 Å². The summed E-state index contributed by atoms with van der Waals surface area (Å²) >= 11 is 3.36. The second-order valence-electron chi connectivity index (χ2n) is 5.39. The van der Waals surface area contributed by atoms with Crippen molar-refractivity contribution in [1.82, 2.24) is 9.62 Å². The lowest BCUT2D eigenvalue weighted by Crippen LogP contribution is -2.46. The Balaban J connectivity index is 2.35. The number of nitrogens with zero attached hydrogens (tertiary/aromatic N) is 1. The van der Waals surface area contributed by atoms with E-state index in [-0.39, 0.29) is 6.04 Å². The van der Waals surface area contributed by atoms with Gasteiger partial charge in [0.1, 0.15) is 5.75 Å². The average molecular weight is 391 g/mol. The van der Waals surface area contributed by atoms with Gasteiger partial charge in [0.25, 0.3) is 0 Å². The summed E-state index contributed by atoms with van der Waals surface area (Å²) in [6, 6.07) is 5.01. The fourth-order valence-corrected chi connectivity index (χ4v) is 4.95. The second kappa shape index (κ2) is 7.77. The Morgan fingerprint density at radius 3 is 2.64 bits per heavy atom. The lowest BCUT2D eigenvalue weighted by atomic mass is 10.1. The molecule has 2 rings (SSSR count). The summed E-state index contributed by atoms with van der Waals surface area (Å²) in [6.45, 7) is 4.28. The fourth-order valence-electron chi connectivity index (χ4n) is 2.75. The number of nitrogens with one attached hydrogen (secondary N) is 1. The molecule has 1 aliphatic heterocycles. The maximum Gasteiger partial charge on any atom is 0.243 e. The van der Waals surface area contributed by atoms with Gasteiger partial charge in [-0.05, 0) is 60.4 Å². The molecular formula is C15H23BrN2O3S. The molecule has 0 radical (unpaired) electrons. The van der Waals surface area contributed by atoms with Crippen molar-refractivity contribution in [3.05, 3.63) is 22.7 Å². The normalized spacial score (nSPS) is 16.9. The highest BCUT2D eigenvalue weighted by atomic mass is 79.9. The number of sulfonamides is 1. The van der Waals surface area contributed by atoms with Crippen LogP contribution in [0.4, 0.5) is 0 Å². The molecule has 0 spiro atoms. The van der Waals surface area contributed by atoms with E-state index in [2.05, 4.69) is 21.2 Å². The van der Waals surface area contributed by atoms with Crippen molar-refractivity contribution < 1.29 is 13.2 Å². The van der Waals surface area contributed by atoms with Crippen molar-refractivity contribution in [1.29, 1.82) is 0 Å². The minimum Gasteiger partial charge on any atom is -0.496 e. The van der Waals surface area contributed by atoms with Crippen molar-refractivity contribution in [3.63, 3.8) is 0 Å². The Bertz CT molecular complexity index is 601. The highest BCUT2D eigenvalue weighted by Gasteiger charge is 2.32. The lowest BCUT2D eigenvalue weighted by molar-refractivity contribution is 0.262. The first kappa shape index (κ1) is 17.7. The summed E-state index contributed by atoms with van der Waals surface area (Å²) in [5.74, 6) is 0.530. The molecule has 0 aliphatic carbocycles. The van der Waals surface area contributed by atoms with Crippen molar-refractivity contribution in [2.75, 3.05) is 26.7 Å². The molecule has 1 saturated heterocycles. The molecule has 0 bridgehead atoms. The van der Waals surface area contributed by atoms with Crippen molar-refractivity contribution in [3.8, 4) is 5.75 Å². The van der Waals surface area contributed by atoms with Gasteiger partial charge in [0.05, 0.1) is 16.5 Å². The van der Waals surface area contributed by atoms with Crippen molar-refractivity contribution in [2.45, 2.75) is 37.1 Å². The van der Waals surface area contributed by atoms with E-state index in [0.29, 0.717) is 17.2 Å². The van der Waals surface area contributed by atoms with E-state index in [0.717, 1.165) is 36.8 Å². The van der Waals surface area contributed by atoms with Crippen molar-refractivity contribution in [2.24, 2.45) is 0 Å². The Morgan fingerprint density at radius 1 is 1.36 bits per heavy atom. The minimum atomic E-state index is -3.51. The summed E-state index contributed by atoms with van der Waals surface area (Å²) in [5, 5.41) is 3.28. The zero-order valence-electron chi connectivity index (χ0n) is 13.0. The minimum absolute atomic E-state index is 0.0702. The van der Waals surface area contributed by atoms with Gasteiger partial charge in [-0.2, -0.15) is 4.31 Å². The molecule has 1 aromatic carbocycles. The van der Waals surface area contributed by atoms with Gasteiger partial charge in [-0.25, -0.2) is 8.42 Å². The maximum absolute atomic E-state index is 13.0. The number of halogens is 1. The average Bonchev–Trinajstić information content (AvgIpc) is 2.53. The number of hydrogen-bond donors (Lipinski definition) is 1.